The van der Waals surface area contributed by atoms with E-state index < -0.39 is 0 Å². The van der Waals surface area contributed by atoms with Crippen LogP contribution in [0.25, 0.3) is 0 Å². The van der Waals surface area contributed by atoms with Crippen molar-refractivity contribution in [1.29, 1.82) is 0 Å². The Labute approximate surface area is 98.5 Å². The summed E-state index contributed by atoms with van der Waals surface area (Å²) in [6.07, 6.45) is 13.9. The molecule has 0 aromatic heterocycles. The minimum absolute atomic E-state index is 0.303. The molecule has 0 saturated carbocycles. The number of hydrogen-bond acceptors (Lipinski definition) is 0. The highest BCUT2D eigenvalue weighted by Gasteiger charge is 2.33. The molecule has 1 saturated heterocycles. The molecular formula is C14H30S. The third-order valence-electron chi connectivity index (χ3n) is 4.09. The van der Waals surface area contributed by atoms with E-state index in [1.54, 1.807) is 0 Å². The Balaban J connectivity index is 2.67. The smallest absolute Gasteiger partial charge is 0.0112 e. The van der Waals surface area contributed by atoms with Gasteiger partial charge in [0.05, 0.1) is 0 Å². The minimum Gasteiger partial charge on any atom is -0.244 e. The van der Waals surface area contributed by atoms with E-state index in [1.807, 2.05) is 0 Å². The maximum absolute atomic E-state index is 2.58. The molecule has 0 bridgehead atoms. The van der Waals surface area contributed by atoms with Crippen LogP contribution in [0.5, 0.6) is 0 Å². The summed E-state index contributed by atoms with van der Waals surface area (Å²) in [4.78, 5) is 0. The van der Waals surface area contributed by atoms with Gasteiger partial charge in [-0.15, -0.1) is 0 Å². The third kappa shape index (κ3) is 4.01. The van der Waals surface area contributed by atoms with Crippen molar-refractivity contribution in [3.8, 4) is 0 Å². The lowest BCUT2D eigenvalue weighted by Gasteiger charge is -2.40. The Kier molecular flexibility index (Phi) is 4.58. The van der Waals surface area contributed by atoms with Crippen molar-refractivity contribution < 1.29 is 0 Å². The van der Waals surface area contributed by atoms with Gasteiger partial charge in [0.2, 0.25) is 0 Å². The van der Waals surface area contributed by atoms with Gasteiger partial charge in [-0.3, -0.25) is 0 Å². The van der Waals surface area contributed by atoms with Crippen molar-refractivity contribution >= 4 is 10.0 Å². The minimum atomic E-state index is -0.303. The van der Waals surface area contributed by atoms with Crippen LogP contribution < -0.4 is 0 Å². The Hall–Kier alpha value is 0.350. The summed E-state index contributed by atoms with van der Waals surface area (Å²) in [5.74, 6) is 1.52. The van der Waals surface area contributed by atoms with Crippen molar-refractivity contribution in [3.05, 3.63) is 0 Å². The molecule has 0 aliphatic carbocycles. The predicted octanol–water partition coefficient (Wildman–Crippen LogP) is 4.82. The topological polar surface area (TPSA) is 0 Å². The predicted molar refractivity (Wildman–Crippen MR) is 75.3 cm³/mol. The first kappa shape index (κ1) is 13.4. The average molecular weight is 230 g/mol. The monoisotopic (exact) mass is 230 g/mol. The highest BCUT2D eigenvalue weighted by Crippen LogP contribution is 2.55. The Bertz CT molecular complexity index is 194. The Morgan fingerprint density at radius 1 is 1.27 bits per heavy atom. The average Bonchev–Trinajstić information content (AvgIpc) is 2.19. The fraction of sp³-hybridized carbons (Fsp3) is 1.00. The summed E-state index contributed by atoms with van der Waals surface area (Å²) < 4.78 is 0. The second kappa shape index (κ2) is 5.12. The van der Waals surface area contributed by atoms with Crippen LogP contribution in [-0.4, -0.2) is 23.5 Å². The second-order valence-electron chi connectivity index (χ2n) is 6.56. The molecule has 1 atom stereocenters. The van der Waals surface area contributed by atoms with E-state index in [0.717, 1.165) is 5.25 Å². The van der Waals surface area contributed by atoms with Crippen LogP contribution in [0.1, 0.15) is 59.3 Å². The lowest BCUT2D eigenvalue weighted by atomic mass is 9.82. The van der Waals surface area contributed by atoms with E-state index >= 15 is 0 Å². The SMILES string of the molecule is CCCCC1CC(C)(C)CCCS1(C)C. The molecule has 0 N–H and O–H groups in total. The molecule has 1 aliphatic heterocycles. The van der Waals surface area contributed by atoms with Gasteiger partial charge in [-0.2, -0.15) is 0 Å². The van der Waals surface area contributed by atoms with Gasteiger partial charge in [0.25, 0.3) is 0 Å². The summed E-state index contributed by atoms with van der Waals surface area (Å²) in [5, 5.41) is 1.04. The molecule has 1 unspecified atom stereocenters. The summed E-state index contributed by atoms with van der Waals surface area (Å²) in [5.41, 5.74) is 0.610. The van der Waals surface area contributed by atoms with Crippen LogP contribution in [0.2, 0.25) is 0 Å². The summed E-state index contributed by atoms with van der Waals surface area (Å²) in [6.45, 7) is 7.28. The van der Waals surface area contributed by atoms with Gasteiger partial charge < -0.3 is 0 Å². The number of rotatable bonds is 3. The molecule has 92 valence electrons. The third-order valence-corrected chi connectivity index (χ3v) is 7.63. The van der Waals surface area contributed by atoms with Crippen LogP contribution >= 0.6 is 10.0 Å². The van der Waals surface area contributed by atoms with Gasteiger partial charge in [0.1, 0.15) is 0 Å². The molecule has 0 aromatic rings. The number of hydrogen-bond donors (Lipinski definition) is 0. The zero-order chi connectivity index (χ0) is 11.5. The molecule has 1 fully saturated rings. The molecule has 1 heterocycles. The van der Waals surface area contributed by atoms with E-state index in [1.165, 1.54) is 44.3 Å². The first-order valence-corrected chi connectivity index (χ1v) is 9.25. The summed E-state index contributed by atoms with van der Waals surface area (Å²) in [7, 11) is -0.303. The molecule has 1 heteroatoms. The maximum Gasteiger partial charge on any atom is -0.0112 e. The largest absolute Gasteiger partial charge is 0.244 e. The molecule has 0 nitrogen and oxygen atoms in total. The van der Waals surface area contributed by atoms with Crippen LogP contribution in [0.4, 0.5) is 0 Å². The van der Waals surface area contributed by atoms with Gasteiger partial charge >= 0.3 is 0 Å². The van der Waals surface area contributed by atoms with Gasteiger partial charge in [0, 0.05) is 0 Å². The molecule has 0 aromatic carbocycles. The lowest BCUT2D eigenvalue weighted by molar-refractivity contribution is 0.303. The van der Waals surface area contributed by atoms with E-state index in [9.17, 15) is 0 Å². The molecular weight excluding hydrogens is 200 g/mol. The highest BCUT2D eigenvalue weighted by atomic mass is 32.3. The van der Waals surface area contributed by atoms with E-state index in [-0.39, 0.29) is 10.0 Å². The van der Waals surface area contributed by atoms with Crippen molar-refractivity contribution in [2.45, 2.75) is 64.5 Å². The normalized spacial score (nSPS) is 31.9. The first-order valence-electron chi connectivity index (χ1n) is 6.57. The van der Waals surface area contributed by atoms with E-state index in [2.05, 4.69) is 33.3 Å². The van der Waals surface area contributed by atoms with Gasteiger partial charge in [-0.05, 0) is 54.6 Å². The Morgan fingerprint density at radius 3 is 2.53 bits per heavy atom. The molecule has 0 amide bonds. The molecule has 1 rings (SSSR count). The fourth-order valence-electron chi connectivity index (χ4n) is 2.89. The van der Waals surface area contributed by atoms with Crippen LogP contribution in [-0.2, 0) is 0 Å². The summed E-state index contributed by atoms with van der Waals surface area (Å²) >= 11 is 0. The van der Waals surface area contributed by atoms with Crippen LogP contribution in [0.15, 0.2) is 0 Å². The molecule has 0 spiro atoms. The van der Waals surface area contributed by atoms with Crippen molar-refractivity contribution in [2.24, 2.45) is 5.41 Å². The molecule has 15 heavy (non-hydrogen) atoms. The first-order chi connectivity index (χ1) is 6.87. The van der Waals surface area contributed by atoms with Gasteiger partial charge in [0.15, 0.2) is 0 Å². The fourth-order valence-corrected chi connectivity index (χ4v) is 5.82. The van der Waals surface area contributed by atoms with Crippen LogP contribution in [0, 0.1) is 5.41 Å². The van der Waals surface area contributed by atoms with Crippen molar-refractivity contribution in [1.82, 2.24) is 0 Å². The maximum atomic E-state index is 2.58. The highest BCUT2D eigenvalue weighted by molar-refractivity contribution is 8.33. The molecule has 0 radical (unpaired) electrons. The summed E-state index contributed by atoms with van der Waals surface area (Å²) in [6, 6.07) is 0. The quantitative estimate of drug-likeness (QED) is 0.652. The van der Waals surface area contributed by atoms with Crippen molar-refractivity contribution in [3.63, 3.8) is 0 Å². The molecule has 1 aliphatic rings. The van der Waals surface area contributed by atoms with Gasteiger partial charge in [-0.25, -0.2) is 10.0 Å². The van der Waals surface area contributed by atoms with E-state index in [4.69, 9.17) is 0 Å². The standard InChI is InChI=1S/C14H30S/c1-6-7-9-13-12-14(2,3)10-8-11-15(13,4)5/h13H,6-12H2,1-5H3. The van der Waals surface area contributed by atoms with Crippen LogP contribution in [0.3, 0.4) is 0 Å². The number of unbranched alkanes of at least 4 members (excludes halogenated alkanes) is 1. The van der Waals surface area contributed by atoms with Crippen molar-refractivity contribution in [2.75, 3.05) is 18.3 Å². The Morgan fingerprint density at radius 2 is 1.93 bits per heavy atom. The van der Waals surface area contributed by atoms with E-state index in [0.29, 0.717) is 5.41 Å². The second-order valence-corrected chi connectivity index (χ2v) is 10.9. The zero-order valence-electron chi connectivity index (χ0n) is 11.4. The zero-order valence-corrected chi connectivity index (χ0v) is 12.3. The van der Waals surface area contributed by atoms with Gasteiger partial charge in [-0.1, -0.05) is 33.6 Å². The lowest BCUT2D eigenvalue weighted by Crippen LogP contribution is -2.22.